The Hall–Kier alpha value is -0.570. The number of hydrogen-bond donors (Lipinski definition) is 2. The Balaban J connectivity index is 3.67. The Morgan fingerprint density at radius 1 is 1.18 bits per heavy atom. The van der Waals surface area contributed by atoms with Gasteiger partial charge in [0.2, 0.25) is 5.91 Å². The molecule has 3 nitrogen and oxygen atoms in total. The van der Waals surface area contributed by atoms with Crippen molar-refractivity contribution in [3.63, 3.8) is 0 Å². The molecular formula is C14H30N2O. The van der Waals surface area contributed by atoms with Crippen LogP contribution in [0.3, 0.4) is 0 Å². The molecule has 0 bridgehead atoms. The molecule has 0 rings (SSSR count). The smallest absolute Gasteiger partial charge is 0.220 e. The highest BCUT2D eigenvalue weighted by molar-refractivity contribution is 5.76. The number of hydrogen-bond acceptors (Lipinski definition) is 2. The summed E-state index contributed by atoms with van der Waals surface area (Å²) in [4.78, 5) is 11.7. The van der Waals surface area contributed by atoms with Crippen LogP contribution < -0.4 is 11.1 Å². The number of carbonyl (C=O) groups is 1. The van der Waals surface area contributed by atoms with Crippen molar-refractivity contribution in [2.24, 2.45) is 11.7 Å². The second-order valence-corrected chi connectivity index (χ2v) is 5.16. The molecule has 0 aromatic heterocycles. The molecule has 0 aromatic rings. The van der Waals surface area contributed by atoms with Gasteiger partial charge in [-0.05, 0) is 25.3 Å². The predicted molar refractivity (Wildman–Crippen MR) is 73.8 cm³/mol. The molecule has 0 aliphatic rings. The van der Waals surface area contributed by atoms with E-state index in [1.807, 2.05) is 0 Å². The van der Waals surface area contributed by atoms with Crippen molar-refractivity contribution in [2.75, 3.05) is 6.54 Å². The first-order valence-corrected chi connectivity index (χ1v) is 7.11. The summed E-state index contributed by atoms with van der Waals surface area (Å²) in [6.07, 6.45) is 7.50. The van der Waals surface area contributed by atoms with Crippen molar-refractivity contribution in [1.29, 1.82) is 0 Å². The lowest BCUT2D eigenvalue weighted by Crippen LogP contribution is -2.39. The second kappa shape index (κ2) is 10.6. The van der Waals surface area contributed by atoms with Crippen molar-refractivity contribution in [3.05, 3.63) is 0 Å². The van der Waals surface area contributed by atoms with E-state index < -0.39 is 0 Å². The third-order valence-corrected chi connectivity index (χ3v) is 3.14. The number of rotatable bonds is 10. The van der Waals surface area contributed by atoms with Gasteiger partial charge in [-0.15, -0.1) is 0 Å². The zero-order valence-electron chi connectivity index (χ0n) is 11.8. The van der Waals surface area contributed by atoms with Gasteiger partial charge >= 0.3 is 0 Å². The molecule has 1 amide bonds. The van der Waals surface area contributed by atoms with Crippen LogP contribution in [0.4, 0.5) is 0 Å². The van der Waals surface area contributed by atoms with Gasteiger partial charge in [-0.3, -0.25) is 4.79 Å². The number of amides is 1. The maximum Gasteiger partial charge on any atom is 0.220 e. The lowest BCUT2D eigenvalue weighted by Gasteiger charge is -2.21. The summed E-state index contributed by atoms with van der Waals surface area (Å²) in [6.45, 7) is 7.09. The van der Waals surface area contributed by atoms with E-state index >= 15 is 0 Å². The summed E-state index contributed by atoms with van der Waals surface area (Å²) in [5, 5.41) is 3.09. The molecule has 0 aromatic carbocycles. The lowest BCUT2D eigenvalue weighted by atomic mass is 10.0. The van der Waals surface area contributed by atoms with Crippen LogP contribution in [0.2, 0.25) is 0 Å². The minimum absolute atomic E-state index is 0.189. The van der Waals surface area contributed by atoms with E-state index in [1.54, 1.807) is 0 Å². The molecule has 0 saturated carbocycles. The molecule has 1 unspecified atom stereocenters. The number of nitrogens with two attached hydrogens (primary N) is 1. The van der Waals surface area contributed by atoms with Crippen LogP contribution in [-0.2, 0) is 4.79 Å². The lowest BCUT2D eigenvalue weighted by molar-refractivity contribution is -0.122. The van der Waals surface area contributed by atoms with E-state index in [0.29, 0.717) is 18.9 Å². The standard InChI is InChI=1S/C14H30N2O/c1-4-5-6-7-8-9-14(17)16-13(10-11-15)12(2)3/h12-13H,4-11,15H2,1-3H3,(H,16,17). The van der Waals surface area contributed by atoms with Gasteiger partial charge < -0.3 is 11.1 Å². The van der Waals surface area contributed by atoms with Crippen molar-refractivity contribution in [3.8, 4) is 0 Å². The molecule has 0 heterocycles. The summed E-state index contributed by atoms with van der Waals surface area (Å²) in [6, 6.07) is 0.239. The molecule has 0 spiro atoms. The third-order valence-electron chi connectivity index (χ3n) is 3.14. The predicted octanol–water partition coefficient (Wildman–Crippen LogP) is 2.84. The van der Waals surface area contributed by atoms with E-state index in [-0.39, 0.29) is 11.9 Å². The summed E-state index contributed by atoms with van der Waals surface area (Å²) >= 11 is 0. The highest BCUT2D eigenvalue weighted by Gasteiger charge is 2.14. The van der Waals surface area contributed by atoms with Crippen LogP contribution in [0, 0.1) is 5.92 Å². The van der Waals surface area contributed by atoms with E-state index in [9.17, 15) is 4.79 Å². The fourth-order valence-electron chi connectivity index (χ4n) is 1.92. The van der Waals surface area contributed by atoms with Crippen molar-refractivity contribution in [2.45, 2.75) is 71.8 Å². The molecule has 17 heavy (non-hydrogen) atoms. The van der Waals surface area contributed by atoms with Gasteiger partial charge in [0.25, 0.3) is 0 Å². The summed E-state index contributed by atoms with van der Waals surface area (Å²) in [5.74, 6) is 0.649. The molecule has 0 saturated heterocycles. The Morgan fingerprint density at radius 3 is 2.35 bits per heavy atom. The minimum atomic E-state index is 0.189. The van der Waals surface area contributed by atoms with Crippen LogP contribution >= 0.6 is 0 Å². The maximum atomic E-state index is 11.7. The minimum Gasteiger partial charge on any atom is -0.353 e. The van der Waals surface area contributed by atoms with Gasteiger partial charge in [0.15, 0.2) is 0 Å². The highest BCUT2D eigenvalue weighted by atomic mass is 16.1. The van der Waals surface area contributed by atoms with Gasteiger partial charge in [0.05, 0.1) is 0 Å². The first kappa shape index (κ1) is 16.4. The van der Waals surface area contributed by atoms with Gasteiger partial charge in [-0.25, -0.2) is 0 Å². The second-order valence-electron chi connectivity index (χ2n) is 5.16. The van der Waals surface area contributed by atoms with Crippen LogP contribution in [-0.4, -0.2) is 18.5 Å². The zero-order chi connectivity index (χ0) is 13.1. The molecule has 3 heteroatoms. The van der Waals surface area contributed by atoms with E-state index in [2.05, 4.69) is 26.1 Å². The summed E-state index contributed by atoms with van der Waals surface area (Å²) < 4.78 is 0. The molecule has 0 aliphatic carbocycles. The molecule has 0 fully saturated rings. The highest BCUT2D eigenvalue weighted by Crippen LogP contribution is 2.08. The van der Waals surface area contributed by atoms with Gasteiger partial charge in [-0.1, -0.05) is 46.5 Å². The number of carbonyl (C=O) groups excluding carboxylic acids is 1. The van der Waals surface area contributed by atoms with E-state index in [1.165, 1.54) is 25.7 Å². The van der Waals surface area contributed by atoms with Crippen LogP contribution in [0.5, 0.6) is 0 Å². The summed E-state index contributed by atoms with van der Waals surface area (Å²) in [5.41, 5.74) is 5.55. The Labute approximate surface area is 107 Å². The first-order valence-electron chi connectivity index (χ1n) is 7.11. The molecule has 1 atom stereocenters. The number of nitrogens with one attached hydrogen (secondary N) is 1. The van der Waals surface area contributed by atoms with Crippen LogP contribution in [0.15, 0.2) is 0 Å². The van der Waals surface area contributed by atoms with Crippen molar-refractivity contribution in [1.82, 2.24) is 5.32 Å². The molecule has 102 valence electrons. The van der Waals surface area contributed by atoms with Crippen LogP contribution in [0.1, 0.15) is 65.7 Å². The fraction of sp³-hybridized carbons (Fsp3) is 0.929. The molecular weight excluding hydrogens is 212 g/mol. The Morgan fingerprint density at radius 2 is 1.82 bits per heavy atom. The molecule has 3 N–H and O–H groups in total. The van der Waals surface area contributed by atoms with Gasteiger partial charge in [0.1, 0.15) is 0 Å². The first-order chi connectivity index (χ1) is 8.11. The van der Waals surface area contributed by atoms with Crippen molar-refractivity contribution >= 4 is 5.91 Å². The number of unbranched alkanes of at least 4 members (excludes halogenated alkanes) is 4. The van der Waals surface area contributed by atoms with Crippen molar-refractivity contribution < 1.29 is 4.79 Å². The largest absolute Gasteiger partial charge is 0.353 e. The fourth-order valence-corrected chi connectivity index (χ4v) is 1.92. The summed E-state index contributed by atoms with van der Waals surface area (Å²) in [7, 11) is 0. The normalized spacial score (nSPS) is 12.8. The SMILES string of the molecule is CCCCCCCC(=O)NC(CCN)C(C)C. The molecule has 0 aliphatic heterocycles. The quantitative estimate of drug-likeness (QED) is 0.579. The Kier molecular flexibility index (Phi) is 10.2. The topological polar surface area (TPSA) is 55.1 Å². The van der Waals surface area contributed by atoms with Gasteiger partial charge in [-0.2, -0.15) is 0 Å². The van der Waals surface area contributed by atoms with Gasteiger partial charge in [0, 0.05) is 12.5 Å². The third kappa shape index (κ3) is 9.16. The van der Waals surface area contributed by atoms with E-state index in [4.69, 9.17) is 5.73 Å². The average Bonchev–Trinajstić information content (AvgIpc) is 2.28. The average molecular weight is 242 g/mol. The maximum absolute atomic E-state index is 11.7. The van der Waals surface area contributed by atoms with Crippen LogP contribution in [0.25, 0.3) is 0 Å². The monoisotopic (exact) mass is 242 g/mol. The van der Waals surface area contributed by atoms with E-state index in [0.717, 1.165) is 12.8 Å². The molecule has 0 radical (unpaired) electrons. The zero-order valence-corrected chi connectivity index (χ0v) is 11.8. The Bertz CT molecular complexity index is 193.